The van der Waals surface area contributed by atoms with E-state index in [0.29, 0.717) is 22.3 Å². The second-order valence-electron chi connectivity index (χ2n) is 6.75. The number of hydrogen-bond acceptors (Lipinski definition) is 5. The average Bonchev–Trinajstić information content (AvgIpc) is 2.73. The van der Waals surface area contributed by atoms with Crippen molar-refractivity contribution in [2.45, 2.75) is 13.8 Å². The maximum Gasteiger partial charge on any atom is 0.338 e. The first-order valence-corrected chi connectivity index (χ1v) is 9.21. The maximum absolute atomic E-state index is 12.4. The van der Waals surface area contributed by atoms with E-state index >= 15 is 0 Å². The van der Waals surface area contributed by atoms with Gasteiger partial charge in [-0.1, -0.05) is 36.4 Å². The molecule has 0 spiro atoms. The van der Waals surface area contributed by atoms with E-state index in [2.05, 4.69) is 15.3 Å². The Morgan fingerprint density at radius 3 is 2.45 bits per heavy atom. The highest BCUT2D eigenvalue weighted by molar-refractivity contribution is 6.03. The van der Waals surface area contributed by atoms with Gasteiger partial charge in [0, 0.05) is 11.1 Å². The standard InChI is InChI=1S/C23H19N3O3/c1-14-15(2)25-21-12-17(10-11-20(21)24-14)23(28)29-13-22(27)26-19-9-5-7-16-6-3-4-8-18(16)19/h3-12H,13H2,1-2H3,(H,26,27). The number of esters is 1. The van der Waals surface area contributed by atoms with E-state index in [9.17, 15) is 9.59 Å². The van der Waals surface area contributed by atoms with Crippen LogP contribution in [0.25, 0.3) is 21.8 Å². The van der Waals surface area contributed by atoms with Gasteiger partial charge in [0.25, 0.3) is 5.91 Å². The summed E-state index contributed by atoms with van der Waals surface area (Å²) in [6, 6.07) is 18.4. The molecule has 0 aliphatic rings. The van der Waals surface area contributed by atoms with Gasteiger partial charge in [0.1, 0.15) is 0 Å². The topological polar surface area (TPSA) is 81.2 Å². The summed E-state index contributed by atoms with van der Waals surface area (Å²) in [4.78, 5) is 33.5. The lowest BCUT2D eigenvalue weighted by Gasteiger charge is -2.09. The summed E-state index contributed by atoms with van der Waals surface area (Å²) in [7, 11) is 0. The molecule has 0 atom stereocenters. The second-order valence-corrected chi connectivity index (χ2v) is 6.75. The highest BCUT2D eigenvalue weighted by atomic mass is 16.5. The SMILES string of the molecule is Cc1nc2ccc(C(=O)OCC(=O)Nc3cccc4ccccc34)cc2nc1C. The lowest BCUT2D eigenvalue weighted by Crippen LogP contribution is -2.21. The quantitative estimate of drug-likeness (QED) is 0.533. The predicted molar refractivity (Wildman–Crippen MR) is 112 cm³/mol. The van der Waals surface area contributed by atoms with Crippen LogP contribution in [0.3, 0.4) is 0 Å². The number of fused-ring (bicyclic) bond motifs is 2. The first-order valence-electron chi connectivity index (χ1n) is 9.21. The van der Waals surface area contributed by atoms with Gasteiger partial charge in [0.15, 0.2) is 6.61 Å². The first-order chi connectivity index (χ1) is 14.0. The summed E-state index contributed by atoms with van der Waals surface area (Å²) in [5.41, 5.74) is 3.97. The van der Waals surface area contributed by atoms with E-state index in [4.69, 9.17) is 4.74 Å². The number of aromatic nitrogens is 2. The number of nitrogens with one attached hydrogen (secondary N) is 1. The van der Waals surface area contributed by atoms with Gasteiger partial charge in [0.2, 0.25) is 0 Å². The van der Waals surface area contributed by atoms with Crippen LogP contribution in [0.4, 0.5) is 5.69 Å². The highest BCUT2D eigenvalue weighted by Gasteiger charge is 2.13. The molecule has 6 heteroatoms. The molecule has 0 aliphatic heterocycles. The Kier molecular flexibility index (Phi) is 4.91. The third-order valence-electron chi connectivity index (χ3n) is 4.71. The number of amides is 1. The summed E-state index contributed by atoms with van der Waals surface area (Å²) in [6.07, 6.45) is 0. The summed E-state index contributed by atoms with van der Waals surface area (Å²) >= 11 is 0. The summed E-state index contributed by atoms with van der Waals surface area (Å²) in [5.74, 6) is -0.984. The number of carbonyl (C=O) groups is 2. The number of carbonyl (C=O) groups excluding carboxylic acids is 2. The van der Waals surface area contributed by atoms with Crippen LogP contribution in [-0.2, 0) is 9.53 Å². The molecule has 4 aromatic rings. The molecular weight excluding hydrogens is 366 g/mol. The number of hydrogen-bond donors (Lipinski definition) is 1. The van der Waals surface area contributed by atoms with Gasteiger partial charge in [-0.3, -0.25) is 4.79 Å². The molecule has 0 fully saturated rings. The number of benzene rings is 3. The predicted octanol–water partition coefficient (Wildman–Crippen LogP) is 4.20. The fourth-order valence-electron chi connectivity index (χ4n) is 3.09. The molecule has 0 saturated carbocycles. The maximum atomic E-state index is 12.4. The van der Waals surface area contributed by atoms with E-state index in [0.717, 1.165) is 22.2 Å². The molecule has 0 aliphatic carbocycles. The fourth-order valence-corrected chi connectivity index (χ4v) is 3.09. The summed E-state index contributed by atoms with van der Waals surface area (Å²) < 4.78 is 5.18. The Morgan fingerprint density at radius 2 is 1.62 bits per heavy atom. The van der Waals surface area contributed by atoms with Gasteiger partial charge >= 0.3 is 5.97 Å². The Labute approximate surface area is 167 Å². The Bertz CT molecular complexity index is 1250. The molecule has 0 radical (unpaired) electrons. The van der Waals surface area contributed by atoms with Crippen molar-refractivity contribution < 1.29 is 14.3 Å². The molecule has 1 aromatic heterocycles. The highest BCUT2D eigenvalue weighted by Crippen LogP contribution is 2.23. The third kappa shape index (κ3) is 3.91. The second kappa shape index (κ2) is 7.67. The average molecular weight is 385 g/mol. The van der Waals surface area contributed by atoms with Crippen molar-refractivity contribution in [2.24, 2.45) is 0 Å². The summed E-state index contributed by atoms with van der Waals surface area (Å²) in [5, 5.41) is 4.74. The molecule has 1 heterocycles. The largest absolute Gasteiger partial charge is 0.452 e. The lowest BCUT2D eigenvalue weighted by atomic mass is 10.1. The molecule has 1 amide bonds. The van der Waals surface area contributed by atoms with E-state index in [-0.39, 0.29) is 6.61 Å². The van der Waals surface area contributed by atoms with Gasteiger partial charge in [-0.15, -0.1) is 0 Å². The molecule has 0 unspecified atom stereocenters. The Balaban J connectivity index is 1.44. The van der Waals surface area contributed by atoms with Crippen LogP contribution in [-0.4, -0.2) is 28.5 Å². The van der Waals surface area contributed by atoms with Gasteiger partial charge < -0.3 is 10.1 Å². The van der Waals surface area contributed by atoms with Crippen LogP contribution in [0.15, 0.2) is 60.7 Å². The van der Waals surface area contributed by atoms with E-state index < -0.39 is 11.9 Å². The lowest BCUT2D eigenvalue weighted by molar-refractivity contribution is -0.119. The Hall–Kier alpha value is -3.80. The number of nitrogens with zero attached hydrogens (tertiary/aromatic N) is 2. The monoisotopic (exact) mass is 385 g/mol. The van der Waals surface area contributed by atoms with Crippen molar-refractivity contribution >= 4 is 39.4 Å². The normalized spacial score (nSPS) is 10.8. The molecular formula is C23H19N3O3. The van der Waals surface area contributed by atoms with Crippen molar-refractivity contribution in [2.75, 3.05) is 11.9 Å². The smallest absolute Gasteiger partial charge is 0.338 e. The minimum absolute atomic E-state index is 0.327. The molecule has 1 N–H and O–H groups in total. The minimum atomic E-state index is -0.583. The zero-order chi connectivity index (χ0) is 20.4. The van der Waals surface area contributed by atoms with Crippen molar-refractivity contribution in [3.8, 4) is 0 Å². The fraction of sp³-hybridized carbons (Fsp3) is 0.130. The van der Waals surface area contributed by atoms with Gasteiger partial charge in [-0.25, -0.2) is 14.8 Å². The molecule has 29 heavy (non-hydrogen) atoms. The van der Waals surface area contributed by atoms with Crippen molar-refractivity contribution in [1.29, 1.82) is 0 Å². The Morgan fingerprint density at radius 1 is 0.897 bits per heavy atom. The van der Waals surface area contributed by atoms with Gasteiger partial charge in [-0.05, 0) is 43.5 Å². The number of ether oxygens (including phenoxy) is 1. The van der Waals surface area contributed by atoms with Crippen LogP contribution < -0.4 is 5.32 Å². The van der Waals surface area contributed by atoms with Crippen molar-refractivity contribution in [3.05, 3.63) is 77.6 Å². The zero-order valence-electron chi connectivity index (χ0n) is 16.1. The van der Waals surface area contributed by atoms with Crippen LogP contribution in [0.5, 0.6) is 0 Å². The van der Waals surface area contributed by atoms with Crippen LogP contribution in [0, 0.1) is 13.8 Å². The van der Waals surface area contributed by atoms with Crippen molar-refractivity contribution in [3.63, 3.8) is 0 Å². The van der Waals surface area contributed by atoms with Crippen molar-refractivity contribution in [1.82, 2.24) is 9.97 Å². The minimum Gasteiger partial charge on any atom is -0.452 e. The molecule has 6 nitrogen and oxygen atoms in total. The van der Waals surface area contributed by atoms with E-state index in [1.165, 1.54) is 0 Å². The van der Waals surface area contributed by atoms with Gasteiger partial charge in [-0.2, -0.15) is 0 Å². The number of rotatable bonds is 4. The van der Waals surface area contributed by atoms with Crippen LogP contribution >= 0.6 is 0 Å². The van der Waals surface area contributed by atoms with Crippen LogP contribution in [0.1, 0.15) is 21.7 Å². The van der Waals surface area contributed by atoms with Gasteiger partial charge in [0.05, 0.1) is 28.0 Å². The summed E-state index contributed by atoms with van der Waals surface area (Å²) in [6.45, 7) is 3.38. The third-order valence-corrected chi connectivity index (χ3v) is 4.71. The van der Waals surface area contributed by atoms with E-state index in [1.807, 2.05) is 56.3 Å². The molecule has 0 saturated heterocycles. The number of aryl methyl sites for hydroxylation is 2. The molecule has 0 bridgehead atoms. The molecule has 3 aromatic carbocycles. The number of anilines is 1. The molecule has 144 valence electrons. The van der Waals surface area contributed by atoms with E-state index in [1.54, 1.807) is 18.2 Å². The first kappa shape index (κ1) is 18.6. The molecule has 4 rings (SSSR count). The zero-order valence-corrected chi connectivity index (χ0v) is 16.1. The van der Waals surface area contributed by atoms with Crippen LogP contribution in [0.2, 0.25) is 0 Å².